The zero-order valence-electron chi connectivity index (χ0n) is 14.1. The smallest absolute Gasteiger partial charge is 0.177 e. The highest BCUT2D eigenvalue weighted by molar-refractivity contribution is 7.91. The molecule has 0 aliphatic rings. The predicted molar refractivity (Wildman–Crippen MR) is 95.6 cm³/mol. The van der Waals surface area contributed by atoms with Crippen LogP contribution in [0, 0.1) is 5.82 Å². The maximum absolute atomic E-state index is 13.2. The van der Waals surface area contributed by atoms with Gasteiger partial charge in [0, 0.05) is 12.8 Å². The minimum Gasteiger partial charge on any atom is -0.321 e. The number of fused-ring (bicyclic) bond motifs is 1. The molecule has 2 aromatic carbocycles. The zero-order valence-corrected chi connectivity index (χ0v) is 14.9. The van der Waals surface area contributed by atoms with E-state index in [0.29, 0.717) is 29.8 Å². The van der Waals surface area contributed by atoms with E-state index in [0.717, 1.165) is 5.56 Å². The van der Waals surface area contributed by atoms with E-state index in [2.05, 4.69) is 4.98 Å². The highest BCUT2D eigenvalue weighted by Crippen LogP contribution is 2.28. The molecule has 0 amide bonds. The van der Waals surface area contributed by atoms with E-state index in [1.165, 1.54) is 18.4 Å². The van der Waals surface area contributed by atoms with Gasteiger partial charge in [-0.2, -0.15) is 0 Å². The van der Waals surface area contributed by atoms with Gasteiger partial charge in [0.15, 0.2) is 9.84 Å². The second-order valence-corrected chi connectivity index (χ2v) is 8.08. The summed E-state index contributed by atoms with van der Waals surface area (Å²) in [5.74, 6) is 0.305. The molecule has 3 aromatic rings. The van der Waals surface area contributed by atoms with Crippen molar-refractivity contribution < 1.29 is 12.8 Å². The molecule has 0 aliphatic carbocycles. The molecule has 0 aliphatic heterocycles. The molecule has 132 valence electrons. The Morgan fingerprint density at radius 2 is 1.88 bits per heavy atom. The lowest BCUT2D eigenvalue weighted by molar-refractivity contribution is 0.596. The molecule has 0 bridgehead atoms. The van der Waals surface area contributed by atoms with Crippen molar-refractivity contribution in [3.63, 3.8) is 0 Å². The number of hydrogen-bond acceptors (Lipinski definition) is 4. The Kier molecular flexibility index (Phi) is 4.62. The fraction of sp³-hybridized carbons (Fsp3) is 0.278. The van der Waals surface area contributed by atoms with Gasteiger partial charge in [0.25, 0.3) is 0 Å². The van der Waals surface area contributed by atoms with E-state index >= 15 is 0 Å². The number of hydrogen-bond donors (Lipinski definition) is 1. The summed E-state index contributed by atoms with van der Waals surface area (Å²) in [6.07, 6.45) is 1.84. The lowest BCUT2D eigenvalue weighted by atomic mass is 10.2. The standard InChI is InChI=1S/C18H20FN3O2S/c1-3-14(20)18-21-15-5-4-6-16(25(2,23)24)17(15)22(18)11-12-7-9-13(19)10-8-12/h4-10,14H,3,11,20H2,1-2H3. The van der Waals surface area contributed by atoms with Crippen LogP contribution in [-0.2, 0) is 16.4 Å². The quantitative estimate of drug-likeness (QED) is 0.758. The topological polar surface area (TPSA) is 78.0 Å². The normalized spacial score (nSPS) is 13.3. The number of nitrogens with zero attached hydrogens (tertiary/aromatic N) is 2. The van der Waals surface area contributed by atoms with Crippen LogP contribution in [0.2, 0.25) is 0 Å². The van der Waals surface area contributed by atoms with Gasteiger partial charge in [-0.05, 0) is 36.2 Å². The lowest BCUT2D eigenvalue weighted by Gasteiger charge is -2.14. The molecular weight excluding hydrogens is 341 g/mol. The molecule has 1 unspecified atom stereocenters. The van der Waals surface area contributed by atoms with Crippen LogP contribution in [0.1, 0.15) is 30.8 Å². The summed E-state index contributed by atoms with van der Waals surface area (Å²) in [7, 11) is -3.43. The average Bonchev–Trinajstić information content (AvgIpc) is 2.94. The maximum Gasteiger partial charge on any atom is 0.177 e. The molecule has 1 atom stereocenters. The SMILES string of the molecule is CCC(N)c1nc2cccc(S(C)(=O)=O)c2n1Cc1ccc(F)cc1. The van der Waals surface area contributed by atoms with Gasteiger partial charge in [-0.25, -0.2) is 17.8 Å². The van der Waals surface area contributed by atoms with Gasteiger partial charge in [-0.3, -0.25) is 0 Å². The van der Waals surface area contributed by atoms with Gasteiger partial charge < -0.3 is 10.3 Å². The minimum atomic E-state index is -3.43. The molecular formula is C18H20FN3O2S. The average molecular weight is 361 g/mol. The third kappa shape index (κ3) is 3.43. The Morgan fingerprint density at radius 3 is 2.48 bits per heavy atom. The first-order chi connectivity index (χ1) is 11.8. The van der Waals surface area contributed by atoms with E-state index < -0.39 is 9.84 Å². The summed E-state index contributed by atoms with van der Waals surface area (Å²) in [6.45, 7) is 2.32. The number of aromatic nitrogens is 2. The number of para-hydroxylation sites is 1. The van der Waals surface area contributed by atoms with Crippen molar-refractivity contribution in [2.24, 2.45) is 5.73 Å². The highest BCUT2D eigenvalue weighted by atomic mass is 32.2. The number of rotatable bonds is 5. The number of sulfone groups is 1. The fourth-order valence-corrected chi connectivity index (χ4v) is 3.76. The van der Waals surface area contributed by atoms with Crippen LogP contribution in [0.15, 0.2) is 47.4 Å². The first-order valence-corrected chi connectivity index (χ1v) is 9.89. The van der Waals surface area contributed by atoms with Crippen molar-refractivity contribution in [1.82, 2.24) is 9.55 Å². The van der Waals surface area contributed by atoms with Crippen LogP contribution in [0.4, 0.5) is 4.39 Å². The van der Waals surface area contributed by atoms with Gasteiger partial charge in [-0.15, -0.1) is 0 Å². The number of halogens is 1. The molecule has 7 heteroatoms. The second kappa shape index (κ2) is 6.57. The monoisotopic (exact) mass is 361 g/mol. The largest absolute Gasteiger partial charge is 0.321 e. The van der Waals surface area contributed by atoms with E-state index in [1.54, 1.807) is 30.3 Å². The zero-order chi connectivity index (χ0) is 18.2. The minimum absolute atomic E-state index is 0.217. The summed E-state index contributed by atoms with van der Waals surface area (Å²) < 4.78 is 39.5. The molecule has 0 saturated heterocycles. The van der Waals surface area contributed by atoms with E-state index in [1.807, 2.05) is 11.5 Å². The number of nitrogens with two attached hydrogens (primary N) is 1. The number of benzene rings is 2. The maximum atomic E-state index is 13.2. The van der Waals surface area contributed by atoms with Crippen molar-refractivity contribution in [2.75, 3.05) is 6.26 Å². The summed E-state index contributed by atoms with van der Waals surface area (Å²) in [4.78, 5) is 4.79. The molecule has 0 spiro atoms. The van der Waals surface area contributed by atoms with Gasteiger partial charge in [0.2, 0.25) is 0 Å². The van der Waals surface area contributed by atoms with Crippen molar-refractivity contribution in [2.45, 2.75) is 30.8 Å². The first-order valence-electron chi connectivity index (χ1n) is 8.00. The third-order valence-electron chi connectivity index (χ3n) is 4.18. The van der Waals surface area contributed by atoms with Crippen LogP contribution in [0.5, 0.6) is 0 Å². The van der Waals surface area contributed by atoms with Crippen LogP contribution in [0.3, 0.4) is 0 Å². The molecule has 0 radical (unpaired) electrons. The van der Waals surface area contributed by atoms with E-state index in [4.69, 9.17) is 5.73 Å². The Bertz CT molecular complexity index is 1010. The van der Waals surface area contributed by atoms with Gasteiger partial charge in [0.1, 0.15) is 11.6 Å². The van der Waals surface area contributed by atoms with Crippen LogP contribution in [-0.4, -0.2) is 24.2 Å². The van der Waals surface area contributed by atoms with Crippen LogP contribution in [0.25, 0.3) is 11.0 Å². The van der Waals surface area contributed by atoms with E-state index in [9.17, 15) is 12.8 Å². The first kappa shape index (κ1) is 17.6. The Morgan fingerprint density at radius 1 is 1.20 bits per heavy atom. The van der Waals surface area contributed by atoms with Gasteiger partial charge in [0.05, 0.1) is 22.0 Å². The summed E-state index contributed by atoms with van der Waals surface area (Å²) in [6, 6.07) is 10.8. The molecule has 1 heterocycles. The summed E-state index contributed by atoms with van der Waals surface area (Å²) in [5.41, 5.74) is 8.17. The second-order valence-electron chi connectivity index (χ2n) is 6.09. The van der Waals surface area contributed by atoms with Crippen molar-refractivity contribution in [3.05, 3.63) is 59.7 Å². The predicted octanol–water partition coefficient (Wildman–Crippen LogP) is 3.04. The third-order valence-corrected chi connectivity index (χ3v) is 5.31. The van der Waals surface area contributed by atoms with Gasteiger partial charge in [-0.1, -0.05) is 25.1 Å². The summed E-state index contributed by atoms with van der Waals surface area (Å²) >= 11 is 0. The Hall–Kier alpha value is -2.25. The molecule has 5 nitrogen and oxygen atoms in total. The molecule has 1 aromatic heterocycles. The molecule has 0 saturated carbocycles. The van der Waals surface area contributed by atoms with Crippen molar-refractivity contribution >= 4 is 20.9 Å². The Balaban J connectivity index is 2.27. The molecule has 25 heavy (non-hydrogen) atoms. The van der Waals surface area contributed by atoms with Crippen molar-refractivity contribution in [3.8, 4) is 0 Å². The number of imidazole rings is 1. The lowest BCUT2D eigenvalue weighted by Crippen LogP contribution is -2.17. The van der Waals surface area contributed by atoms with Gasteiger partial charge >= 0.3 is 0 Å². The fourth-order valence-electron chi connectivity index (χ4n) is 2.87. The summed E-state index contributed by atoms with van der Waals surface area (Å²) in [5, 5.41) is 0. The molecule has 0 fully saturated rings. The molecule has 2 N–H and O–H groups in total. The van der Waals surface area contributed by atoms with Crippen molar-refractivity contribution in [1.29, 1.82) is 0 Å². The van der Waals surface area contributed by atoms with E-state index in [-0.39, 0.29) is 16.8 Å². The van der Waals surface area contributed by atoms with Crippen LogP contribution < -0.4 is 5.73 Å². The molecule has 3 rings (SSSR count). The van der Waals surface area contributed by atoms with Crippen LogP contribution >= 0.6 is 0 Å². The highest BCUT2D eigenvalue weighted by Gasteiger charge is 2.22. The Labute approximate surface area is 146 Å².